The molecule has 1 unspecified atom stereocenters. The van der Waals surface area contributed by atoms with Gasteiger partial charge in [0.15, 0.2) is 0 Å². The van der Waals surface area contributed by atoms with Crippen molar-refractivity contribution in [2.24, 2.45) is 0 Å². The molecule has 0 aliphatic heterocycles. The summed E-state index contributed by atoms with van der Waals surface area (Å²) in [6.45, 7) is 4.17. The first-order valence-corrected chi connectivity index (χ1v) is 6.83. The molecule has 110 valence electrons. The van der Waals surface area contributed by atoms with E-state index in [9.17, 15) is 9.90 Å². The molecular formula is C17H18O4. The average Bonchev–Trinajstić information content (AvgIpc) is 2.49. The molecule has 4 nitrogen and oxygen atoms in total. The quantitative estimate of drug-likeness (QED) is 0.676. The summed E-state index contributed by atoms with van der Waals surface area (Å²) >= 11 is 0. The van der Waals surface area contributed by atoms with Gasteiger partial charge in [-0.05, 0) is 55.8 Å². The van der Waals surface area contributed by atoms with E-state index in [1.54, 1.807) is 55.5 Å². The fourth-order valence-corrected chi connectivity index (χ4v) is 1.83. The van der Waals surface area contributed by atoms with Gasteiger partial charge >= 0.3 is 5.97 Å². The largest absolute Gasteiger partial charge is 0.494 e. The molecular weight excluding hydrogens is 268 g/mol. The van der Waals surface area contributed by atoms with E-state index >= 15 is 0 Å². The Labute approximate surface area is 123 Å². The van der Waals surface area contributed by atoms with E-state index < -0.39 is 12.1 Å². The first-order chi connectivity index (χ1) is 10.1. The molecule has 21 heavy (non-hydrogen) atoms. The standard InChI is InChI=1S/C17H18O4/c1-3-20-15-8-10-16(11-9-15)21-17(19)14-6-4-13(5-7-14)12(2)18/h4-12,18H,3H2,1-2H3. The maximum atomic E-state index is 12.0. The number of carbonyl (C=O) groups is 1. The second-order valence-corrected chi connectivity index (χ2v) is 4.59. The molecule has 2 aromatic rings. The summed E-state index contributed by atoms with van der Waals surface area (Å²) in [6, 6.07) is 13.6. The van der Waals surface area contributed by atoms with Crippen LogP contribution in [0.25, 0.3) is 0 Å². The second kappa shape index (κ2) is 6.90. The van der Waals surface area contributed by atoms with Crippen LogP contribution < -0.4 is 9.47 Å². The Hall–Kier alpha value is -2.33. The van der Waals surface area contributed by atoms with Gasteiger partial charge < -0.3 is 14.6 Å². The van der Waals surface area contributed by atoms with Crippen molar-refractivity contribution >= 4 is 5.97 Å². The van der Waals surface area contributed by atoms with E-state index in [1.165, 1.54) is 0 Å². The molecule has 0 radical (unpaired) electrons. The molecule has 0 saturated carbocycles. The van der Waals surface area contributed by atoms with Crippen molar-refractivity contribution in [2.75, 3.05) is 6.61 Å². The summed E-state index contributed by atoms with van der Waals surface area (Å²) in [7, 11) is 0. The first-order valence-electron chi connectivity index (χ1n) is 6.83. The number of benzene rings is 2. The third kappa shape index (κ3) is 4.07. The van der Waals surface area contributed by atoms with Gasteiger partial charge in [0.1, 0.15) is 11.5 Å². The lowest BCUT2D eigenvalue weighted by Crippen LogP contribution is -2.08. The Morgan fingerprint density at radius 3 is 2.14 bits per heavy atom. The van der Waals surface area contributed by atoms with Crippen molar-refractivity contribution < 1.29 is 19.4 Å². The summed E-state index contributed by atoms with van der Waals surface area (Å²) in [4.78, 5) is 12.0. The minimum absolute atomic E-state index is 0.434. The van der Waals surface area contributed by atoms with Gasteiger partial charge in [-0.1, -0.05) is 12.1 Å². The highest BCUT2D eigenvalue weighted by Gasteiger charge is 2.09. The Bertz CT molecular complexity index is 585. The van der Waals surface area contributed by atoms with Crippen LogP contribution in [0.4, 0.5) is 0 Å². The number of esters is 1. The Kier molecular flexibility index (Phi) is 4.95. The Morgan fingerprint density at radius 2 is 1.62 bits per heavy atom. The third-order valence-corrected chi connectivity index (χ3v) is 2.97. The van der Waals surface area contributed by atoms with Crippen molar-refractivity contribution in [3.8, 4) is 11.5 Å². The molecule has 0 fully saturated rings. The summed E-state index contributed by atoms with van der Waals surface area (Å²) in [6.07, 6.45) is -0.554. The number of carbonyl (C=O) groups excluding carboxylic acids is 1. The fourth-order valence-electron chi connectivity index (χ4n) is 1.83. The molecule has 0 amide bonds. The average molecular weight is 286 g/mol. The highest BCUT2D eigenvalue weighted by atomic mass is 16.5. The third-order valence-electron chi connectivity index (χ3n) is 2.97. The predicted molar refractivity (Wildman–Crippen MR) is 79.6 cm³/mol. The van der Waals surface area contributed by atoms with Gasteiger partial charge in [0.2, 0.25) is 0 Å². The number of rotatable bonds is 5. The number of hydrogen-bond donors (Lipinski definition) is 1. The molecule has 0 spiro atoms. The van der Waals surface area contributed by atoms with Crippen LogP contribution in [0.1, 0.15) is 35.9 Å². The Balaban J connectivity index is 2.03. The minimum atomic E-state index is -0.554. The van der Waals surface area contributed by atoms with Crippen LogP contribution in [0.15, 0.2) is 48.5 Å². The lowest BCUT2D eigenvalue weighted by Gasteiger charge is -2.08. The molecule has 2 rings (SSSR count). The molecule has 0 saturated heterocycles. The van der Waals surface area contributed by atoms with Crippen molar-refractivity contribution in [1.29, 1.82) is 0 Å². The lowest BCUT2D eigenvalue weighted by molar-refractivity contribution is 0.0734. The van der Waals surface area contributed by atoms with Gasteiger partial charge in [-0.3, -0.25) is 0 Å². The topological polar surface area (TPSA) is 55.8 Å². The van der Waals surface area contributed by atoms with Crippen LogP contribution in [0.3, 0.4) is 0 Å². The van der Waals surface area contributed by atoms with E-state index in [2.05, 4.69) is 0 Å². The fraction of sp³-hybridized carbons (Fsp3) is 0.235. The monoisotopic (exact) mass is 286 g/mol. The normalized spacial score (nSPS) is 11.8. The summed E-state index contributed by atoms with van der Waals surface area (Å²) in [5, 5.41) is 9.43. The van der Waals surface area contributed by atoms with Crippen LogP contribution in [-0.2, 0) is 0 Å². The number of aliphatic hydroxyl groups is 1. The number of ether oxygens (including phenoxy) is 2. The van der Waals surface area contributed by atoms with Gasteiger partial charge in [0.05, 0.1) is 18.3 Å². The zero-order valence-corrected chi connectivity index (χ0v) is 12.1. The highest BCUT2D eigenvalue weighted by molar-refractivity contribution is 5.91. The van der Waals surface area contributed by atoms with E-state index in [1.807, 2.05) is 6.92 Å². The smallest absolute Gasteiger partial charge is 0.343 e. The van der Waals surface area contributed by atoms with Crippen LogP contribution in [0.2, 0.25) is 0 Å². The molecule has 0 bridgehead atoms. The molecule has 4 heteroatoms. The highest BCUT2D eigenvalue weighted by Crippen LogP contribution is 2.19. The molecule has 0 heterocycles. The van der Waals surface area contributed by atoms with E-state index in [0.29, 0.717) is 17.9 Å². The van der Waals surface area contributed by atoms with Gasteiger partial charge in [-0.25, -0.2) is 4.79 Å². The van der Waals surface area contributed by atoms with Crippen molar-refractivity contribution in [2.45, 2.75) is 20.0 Å². The van der Waals surface area contributed by atoms with Crippen molar-refractivity contribution in [3.63, 3.8) is 0 Å². The van der Waals surface area contributed by atoms with Crippen LogP contribution in [0, 0.1) is 0 Å². The zero-order valence-electron chi connectivity index (χ0n) is 12.1. The molecule has 1 N–H and O–H groups in total. The minimum Gasteiger partial charge on any atom is -0.494 e. The molecule has 0 aromatic heterocycles. The van der Waals surface area contributed by atoms with E-state index in [-0.39, 0.29) is 0 Å². The van der Waals surface area contributed by atoms with Gasteiger partial charge in [-0.15, -0.1) is 0 Å². The predicted octanol–water partition coefficient (Wildman–Crippen LogP) is 3.36. The van der Waals surface area contributed by atoms with E-state index in [4.69, 9.17) is 9.47 Å². The van der Waals surface area contributed by atoms with E-state index in [0.717, 1.165) is 11.3 Å². The molecule has 2 aromatic carbocycles. The maximum absolute atomic E-state index is 12.0. The maximum Gasteiger partial charge on any atom is 0.343 e. The van der Waals surface area contributed by atoms with Crippen LogP contribution in [-0.4, -0.2) is 17.7 Å². The molecule has 1 atom stereocenters. The Morgan fingerprint density at radius 1 is 1.05 bits per heavy atom. The van der Waals surface area contributed by atoms with Gasteiger partial charge in [0.25, 0.3) is 0 Å². The summed E-state index contributed by atoms with van der Waals surface area (Å²) in [5.41, 5.74) is 1.20. The molecule has 0 aliphatic carbocycles. The van der Waals surface area contributed by atoms with Crippen LogP contribution in [0.5, 0.6) is 11.5 Å². The lowest BCUT2D eigenvalue weighted by atomic mass is 10.1. The zero-order chi connectivity index (χ0) is 15.2. The van der Waals surface area contributed by atoms with Crippen LogP contribution >= 0.6 is 0 Å². The van der Waals surface area contributed by atoms with Crippen molar-refractivity contribution in [3.05, 3.63) is 59.7 Å². The summed E-state index contributed by atoms with van der Waals surface area (Å²) in [5.74, 6) is 0.762. The number of hydrogen-bond acceptors (Lipinski definition) is 4. The summed E-state index contributed by atoms with van der Waals surface area (Å²) < 4.78 is 10.6. The number of aliphatic hydroxyl groups excluding tert-OH is 1. The van der Waals surface area contributed by atoms with Gasteiger partial charge in [-0.2, -0.15) is 0 Å². The van der Waals surface area contributed by atoms with Crippen molar-refractivity contribution in [1.82, 2.24) is 0 Å². The first kappa shape index (κ1) is 15.1. The molecule has 0 aliphatic rings. The second-order valence-electron chi connectivity index (χ2n) is 4.59. The van der Waals surface area contributed by atoms with Gasteiger partial charge in [0, 0.05) is 0 Å². The SMILES string of the molecule is CCOc1ccc(OC(=O)c2ccc(C(C)O)cc2)cc1.